The number of carbonyl (C=O) groups is 1. The van der Waals surface area contributed by atoms with Crippen LogP contribution in [0, 0.1) is 17.0 Å². The van der Waals surface area contributed by atoms with Crippen LogP contribution in [-0.4, -0.2) is 10.9 Å². The first-order chi connectivity index (χ1) is 9.99. The van der Waals surface area contributed by atoms with Gasteiger partial charge in [-0.3, -0.25) is 10.1 Å². The first-order valence-corrected chi connectivity index (χ1v) is 6.50. The van der Waals surface area contributed by atoms with E-state index in [0.717, 1.165) is 5.56 Å². The van der Waals surface area contributed by atoms with Gasteiger partial charge in [-0.15, -0.1) is 0 Å². The lowest BCUT2D eigenvalue weighted by Crippen LogP contribution is -2.10. The Morgan fingerprint density at radius 3 is 2.57 bits per heavy atom. The lowest BCUT2D eigenvalue weighted by molar-refractivity contribution is -0.385. The second kappa shape index (κ2) is 6.17. The summed E-state index contributed by atoms with van der Waals surface area (Å²) in [5, 5.41) is 10.8. The molecule has 0 aliphatic rings. The molecule has 0 saturated carbocycles. The van der Waals surface area contributed by atoms with E-state index in [1.54, 1.807) is 31.2 Å². The summed E-state index contributed by atoms with van der Waals surface area (Å²) in [4.78, 5) is 22.4. The van der Waals surface area contributed by atoms with Gasteiger partial charge in [0.1, 0.15) is 6.10 Å². The maximum Gasteiger partial charge on any atom is 0.338 e. The van der Waals surface area contributed by atoms with Crippen molar-refractivity contribution in [1.82, 2.24) is 0 Å². The minimum Gasteiger partial charge on any atom is -0.454 e. The Kier molecular flexibility index (Phi) is 4.33. The monoisotopic (exact) mass is 285 g/mol. The topological polar surface area (TPSA) is 69.4 Å². The molecule has 108 valence electrons. The van der Waals surface area contributed by atoms with Crippen molar-refractivity contribution < 1.29 is 14.5 Å². The smallest absolute Gasteiger partial charge is 0.338 e. The molecule has 21 heavy (non-hydrogen) atoms. The number of aryl methyl sites for hydroxylation is 1. The van der Waals surface area contributed by atoms with Crippen LogP contribution < -0.4 is 0 Å². The van der Waals surface area contributed by atoms with Gasteiger partial charge >= 0.3 is 5.97 Å². The largest absolute Gasteiger partial charge is 0.454 e. The van der Waals surface area contributed by atoms with Crippen LogP contribution in [0.2, 0.25) is 0 Å². The van der Waals surface area contributed by atoms with Crippen molar-refractivity contribution in [3.8, 4) is 0 Å². The van der Waals surface area contributed by atoms with Crippen LogP contribution in [0.5, 0.6) is 0 Å². The Balaban J connectivity index is 2.16. The lowest BCUT2D eigenvalue weighted by Gasteiger charge is -2.14. The number of nitrogens with zero attached hydrogens (tertiary/aromatic N) is 1. The molecule has 2 aromatic rings. The molecule has 0 N–H and O–H groups in total. The third-order valence-corrected chi connectivity index (χ3v) is 3.20. The SMILES string of the molecule is Cc1ccccc1C(=O)OC(C)c1cccc([N+](=O)[O-])c1. The zero-order chi connectivity index (χ0) is 15.4. The van der Waals surface area contributed by atoms with Crippen molar-refractivity contribution in [2.45, 2.75) is 20.0 Å². The average molecular weight is 285 g/mol. The normalized spacial score (nSPS) is 11.7. The third-order valence-electron chi connectivity index (χ3n) is 3.20. The minimum atomic E-state index is -0.558. The number of non-ortho nitro benzene ring substituents is 1. The highest BCUT2D eigenvalue weighted by Gasteiger charge is 2.17. The lowest BCUT2D eigenvalue weighted by atomic mass is 10.1. The van der Waals surface area contributed by atoms with Gasteiger partial charge in [0.25, 0.3) is 5.69 Å². The summed E-state index contributed by atoms with van der Waals surface area (Å²) in [6.07, 6.45) is -0.558. The Hall–Kier alpha value is -2.69. The highest BCUT2D eigenvalue weighted by molar-refractivity contribution is 5.91. The Bertz CT molecular complexity index is 681. The number of benzene rings is 2. The summed E-state index contributed by atoms with van der Waals surface area (Å²) in [5.41, 5.74) is 1.89. The molecule has 0 heterocycles. The molecular weight excluding hydrogens is 270 g/mol. The highest BCUT2D eigenvalue weighted by atomic mass is 16.6. The molecule has 0 amide bonds. The van der Waals surface area contributed by atoms with E-state index in [1.165, 1.54) is 12.1 Å². The van der Waals surface area contributed by atoms with Crippen molar-refractivity contribution >= 4 is 11.7 Å². The van der Waals surface area contributed by atoms with Gasteiger partial charge in [-0.1, -0.05) is 30.3 Å². The maximum absolute atomic E-state index is 12.1. The van der Waals surface area contributed by atoms with Gasteiger partial charge in [0.15, 0.2) is 0 Å². The van der Waals surface area contributed by atoms with Gasteiger partial charge in [-0.05, 0) is 31.0 Å². The van der Waals surface area contributed by atoms with E-state index in [9.17, 15) is 14.9 Å². The standard InChI is InChI=1S/C16H15NO4/c1-11-6-3-4-9-15(11)16(18)21-12(2)13-7-5-8-14(10-13)17(19)20/h3-10,12H,1-2H3. The van der Waals surface area contributed by atoms with E-state index < -0.39 is 17.0 Å². The number of hydrogen-bond acceptors (Lipinski definition) is 4. The van der Waals surface area contributed by atoms with Gasteiger partial charge in [-0.2, -0.15) is 0 Å². The van der Waals surface area contributed by atoms with Crippen LogP contribution in [0.4, 0.5) is 5.69 Å². The molecule has 0 spiro atoms. The van der Waals surface area contributed by atoms with Crippen LogP contribution in [0.25, 0.3) is 0 Å². The number of carbonyl (C=O) groups excluding carboxylic acids is 1. The molecule has 0 saturated heterocycles. The van der Waals surface area contributed by atoms with Gasteiger partial charge in [0.2, 0.25) is 0 Å². The first kappa shape index (κ1) is 14.7. The summed E-state index contributed by atoms with van der Waals surface area (Å²) >= 11 is 0. The molecule has 5 nitrogen and oxygen atoms in total. The first-order valence-electron chi connectivity index (χ1n) is 6.50. The maximum atomic E-state index is 12.1. The molecule has 0 bridgehead atoms. The molecule has 0 fully saturated rings. The van der Waals surface area contributed by atoms with Crippen LogP contribution in [0.3, 0.4) is 0 Å². The predicted octanol–water partition coefficient (Wildman–Crippen LogP) is 3.82. The predicted molar refractivity (Wildman–Crippen MR) is 78.1 cm³/mol. The van der Waals surface area contributed by atoms with E-state index in [-0.39, 0.29) is 5.69 Å². The number of nitro benzene ring substituents is 1. The average Bonchev–Trinajstić information content (AvgIpc) is 2.47. The fraction of sp³-hybridized carbons (Fsp3) is 0.188. The van der Waals surface area contributed by atoms with Gasteiger partial charge in [-0.25, -0.2) is 4.79 Å². The quantitative estimate of drug-likeness (QED) is 0.486. The molecule has 2 aromatic carbocycles. The van der Waals surface area contributed by atoms with E-state index in [1.807, 2.05) is 19.1 Å². The number of nitro groups is 1. The van der Waals surface area contributed by atoms with Crippen molar-refractivity contribution in [3.05, 3.63) is 75.3 Å². The van der Waals surface area contributed by atoms with Crippen LogP contribution in [0.15, 0.2) is 48.5 Å². The number of esters is 1. The summed E-state index contributed by atoms with van der Waals surface area (Å²) in [6.45, 7) is 3.52. The zero-order valence-electron chi connectivity index (χ0n) is 11.8. The Morgan fingerprint density at radius 2 is 1.90 bits per heavy atom. The fourth-order valence-corrected chi connectivity index (χ4v) is 1.99. The van der Waals surface area contributed by atoms with Crippen LogP contribution >= 0.6 is 0 Å². The Labute approximate surface area is 122 Å². The summed E-state index contributed by atoms with van der Waals surface area (Å²) in [5.74, 6) is -0.438. The van der Waals surface area contributed by atoms with Gasteiger partial charge in [0, 0.05) is 12.1 Å². The number of rotatable bonds is 4. The fourth-order valence-electron chi connectivity index (χ4n) is 1.99. The molecular formula is C16H15NO4. The van der Waals surface area contributed by atoms with E-state index in [4.69, 9.17) is 4.74 Å². The van der Waals surface area contributed by atoms with E-state index in [0.29, 0.717) is 11.1 Å². The van der Waals surface area contributed by atoms with Crippen molar-refractivity contribution in [3.63, 3.8) is 0 Å². The molecule has 1 unspecified atom stereocenters. The highest BCUT2D eigenvalue weighted by Crippen LogP contribution is 2.23. The van der Waals surface area contributed by atoms with Gasteiger partial charge < -0.3 is 4.74 Å². The number of ether oxygens (including phenoxy) is 1. The zero-order valence-corrected chi connectivity index (χ0v) is 11.8. The van der Waals surface area contributed by atoms with E-state index in [2.05, 4.69) is 0 Å². The summed E-state index contributed by atoms with van der Waals surface area (Å²) < 4.78 is 5.38. The van der Waals surface area contributed by atoms with Crippen molar-refractivity contribution in [2.24, 2.45) is 0 Å². The van der Waals surface area contributed by atoms with E-state index >= 15 is 0 Å². The molecule has 0 aliphatic heterocycles. The second-order valence-corrected chi connectivity index (χ2v) is 4.71. The Morgan fingerprint density at radius 1 is 1.19 bits per heavy atom. The molecule has 5 heteroatoms. The summed E-state index contributed by atoms with van der Waals surface area (Å²) in [7, 11) is 0. The van der Waals surface area contributed by atoms with Crippen molar-refractivity contribution in [2.75, 3.05) is 0 Å². The second-order valence-electron chi connectivity index (χ2n) is 4.71. The van der Waals surface area contributed by atoms with Crippen molar-refractivity contribution in [1.29, 1.82) is 0 Å². The summed E-state index contributed by atoms with van der Waals surface area (Å²) in [6, 6.07) is 13.2. The molecule has 0 aromatic heterocycles. The minimum absolute atomic E-state index is 0.0220. The third kappa shape index (κ3) is 3.45. The van der Waals surface area contributed by atoms with Gasteiger partial charge in [0.05, 0.1) is 10.5 Å². The molecule has 0 radical (unpaired) electrons. The van der Waals surface area contributed by atoms with Crippen LogP contribution in [0.1, 0.15) is 34.5 Å². The van der Waals surface area contributed by atoms with Crippen LogP contribution in [-0.2, 0) is 4.74 Å². The molecule has 0 aliphatic carbocycles. The molecule has 1 atom stereocenters. The molecule has 2 rings (SSSR count). The number of hydrogen-bond donors (Lipinski definition) is 0.